The second-order valence-corrected chi connectivity index (χ2v) is 5.20. The Kier molecular flexibility index (Phi) is 5.66. The van der Waals surface area contributed by atoms with Crippen molar-refractivity contribution in [3.63, 3.8) is 0 Å². The maximum absolute atomic E-state index is 12.6. The maximum atomic E-state index is 12.6. The Morgan fingerprint density at radius 1 is 1.18 bits per heavy atom. The van der Waals surface area contributed by atoms with Gasteiger partial charge in [0.05, 0.1) is 5.56 Å². The van der Waals surface area contributed by atoms with Crippen LogP contribution in [0.3, 0.4) is 0 Å². The van der Waals surface area contributed by atoms with Gasteiger partial charge in [0, 0.05) is 6.42 Å². The molecule has 0 fully saturated rings. The van der Waals surface area contributed by atoms with Gasteiger partial charge in [0.2, 0.25) is 0 Å². The molecule has 2 rings (SSSR count). The summed E-state index contributed by atoms with van der Waals surface area (Å²) in [5.74, 6) is 0.453. The average molecular weight is 311 g/mol. The van der Waals surface area contributed by atoms with Gasteiger partial charge in [-0.25, -0.2) is 0 Å². The number of halogens is 3. The fraction of sp³-hybridized carbons (Fsp3) is 0.412. The summed E-state index contributed by atoms with van der Waals surface area (Å²) in [6.07, 6.45) is 4.53. The number of allylic oxidation sites excluding steroid dienone is 2. The normalized spacial score (nSPS) is 16.3. The predicted octanol–water partition coefficient (Wildman–Crippen LogP) is 4.34. The van der Waals surface area contributed by atoms with Crippen LogP contribution in [0, 0.1) is 0 Å². The van der Waals surface area contributed by atoms with Crippen molar-refractivity contribution in [2.45, 2.75) is 31.5 Å². The van der Waals surface area contributed by atoms with Crippen LogP contribution < -0.4 is 10.1 Å². The highest BCUT2D eigenvalue weighted by Gasteiger charge is 2.30. The molecule has 1 unspecified atom stereocenters. The van der Waals surface area contributed by atoms with E-state index in [0.717, 1.165) is 43.5 Å². The molecule has 1 aromatic rings. The second-order valence-electron chi connectivity index (χ2n) is 5.20. The molecular weight excluding hydrogens is 291 g/mol. The minimum absolute atomic E-state index is 0.152. The second kappa shape index (κ2) is 7.49. The third-order valence-electron chi connectivity index (χ3n) is 3.51. The van der Waals surface area contributed by atoms with Crippen molar-refractivity contribution in [2.75, 3.05) is 13.6 Å². The van der Waals surface area contributed by atoms with Crippen LogP contribution in [0.2, 0.25) is 0 Å². The fourth-order valence-corrected chi connectivity index (χ4v) is 2.33. The summed E-state index contributed by atoms with van der Waals surface area (Å²) in [6, 6.07) is 4.86. The van der Waals surface area contributed by atoms with Crippen LogP contribution in [-0.2, 0) is 6.18 Å². The molecular formula is C17H20F3NO. The van der Waals surface area contributed by atoms with Gasteiger partial charge in [-0.05, 0) is 56.3 Å². The van der Waals surface area contributed by atoms with Crippen molar-refractivity contribution < 1.29 is 17.9 Å². The van der Waals surface area contributed by atoms with E-state index in [4.69, 9.17) is 4.74 Å². The van der Waals surface area contributed by atoms with E-state index in [1.165, 1.54) is 12.1 Å². The number of hydrogen-bond acceptors (Lipinski definition) is 2. The Hall–Kier alpha value is -1.75. The lowest BCUT2D eigenvalue weighted by atomic mass is 10.00. The largest absolute Gasteiger partial charge is 0.486 e. The monoisotopic (exact) mass is 311 g/mol. The van der Waals surface area contributed by atoms with Crippen LogP contribution in [0.15, 0.2) is 48.1 Å². The topological polar surface area (TPSA) is 21.3 Å². The van der Waals surface area contributed by atoms with Crippen LogP contribution >= 0.6 is 0 Å². The fourth-order valence-electron chi connectivity index (χ4n) is 2.33. The molecule has 0 spiro atoms. The third kappa shape index (κ3) is 4.63. The van der Waals surface area contributed by atoms with E-state index >= 15 is 0 Å². The van der Waals surface area contributed by atoms with Gasteiger partial charge in [-0.15, -0.1) is 0 Å². The summed E-state index contributed by atoms with van der Waals surface area (Å²) >= 11 is 0. The molecule has 1 N–H and O–H groups in total. The quantitative estimate of drug-likeness (QED) is 0.844. The van der Waals surface area contributed by atoms with Crippen LogP contribution in [0.5, 0.6) is 5.75 Å². The molecule has 5 heteroatoms. The lowest BCUT2D eigenvalue weighted by molar-refractivity contribution is -0.137. The zero-order valence-electron chi connectivity index (χ0n) is 12.5. The van der Waals surface area contributed by atoms with E-state index in [1.54, 1.807) is 0 Å². The lowest BCUT2D eigenvalue weighted by Gasteiger charge is -2.22. The van der Waals surface area contributed by atoms with E-state index in [-0.39, 0.29) is 6.10 Å². The highest BCUT2D eigenvalue weighted by atomic mass is 19.4. The molecule has 0 bridgehead atoms. The molecule has 0 heterocycles. The first-order chi connectivity index (χ1) is 10.5. The summed E-state index contributed by atoms with van der Waals surface area (Å²) in [4.78, 5) is 0. The van der Waals surface area contributed by atoms with Gasteiger partial charge in [-0.3, -0.25) is 0 Å². The van der Waals surface area contributed by atoms with Crippen molar-refractivity contribution in [1.82, 2.24) is 5.32 Å². The molecule has 1 aliphatic rings. The van der Waals surface area contributed by atoms with Crippen LogP contribution in [-0.4, -0.2) is 19.7 Å². The number of rotatable bonds is 6. The average Bonchev–Trinajstić information content (AvgIpc) is 2.52. The molecule has 22 heavy (non-hydrogen) atoms. The Balaban J connectivity index is 2.09. The van der Waals surface area contributed by atoms with Crippen molar-refractivity contribution in [3.8, 4) is 5.75 Å². The van der Waals surface area contributed by atoms with Crippen LogP contribution in [0.25, 0.3) is 0 Å². The van der Waals surface area contributed by atoms with Gasteiger partial charge >= 0.3 is 6.18 Å². The molecule has 0 amide bonds. The van der Waals surface area contributed by atoms with Crippen molar-refractivity contribution >= 4 is 0 Å². The van der Waals surface area contributed by atoms with Crippen LogP contribution in [0.1, 0.15) is 24.8 Å². The Morgan fingerprint density at radius 2 is 1.91 bits per heavy atom. The molecule has 0 aliphatic heterocycles. The standard InChI is InChI=1S/C17H20F3NO/c1-21-12-11-16(13-5-3-2-4-6-13)22-15-9-7-14(8-10-15)17(18,19)20/h3,5-10,16,21H,2,4,11-12H2,1H3. The minimum Gasteiger partial charge on any atom is -0.486 e. The molecule has 0 radical (unpaired) electrons. The first kappa shape index (κ1) is 16.6. The van der Waals surface area contributed by atoms with Crippen molar-refractivity contribution in [3.05, 3.63) is 53.6 Å². The number of hydrogen-bond donors (Lipinski definition) is 1. The van der Waals surface area contributed by atoms with Gasteiger partial charge in [-0.1, -0.05) is 18.2 Å². The zero-order chi connectivity index (χ0) is 16.0. The molecule has 1 aromatic carbocycles. The van der Waals surface area contributed by atoms with E-state index < -0.39 is 11.7 Å². The first-order valence-electron chi connectivity index (χ1n) is 7.36. The Bertz CT molecular complexity index is 532. The molecule has 0 saturated carbocycles. The number of alkyl halides is 3. The number of benzene rings is 1. The van der Waals surface area contributed by atoms with Gasteiger partial charge in [0.25, 0.3) is 0 Å². The summed E-state index contributed by atoms with van der Waals surface area (Å²) in [7, 11) is 1.86. The summed E-state index contributed by atoms with van der Waals surface area (Å²) in [6.45, 7) is 0.774. The van der Waals surface area contributed by atoms with Gasteiger partial charge < -0.3 is 10.1 Å². The Morgan fingerprint density at radius 3 is 2.45 bits per heavy atom. The van der Waals surface area contributed by atoms with Crippen molar-refractivity contribution in [2.24, 2.45) is 0 Å². The highest BCUT2D eigenvalue weighted by molar-refractivity contribution is 5.32. The zero-order valence-corrected chi connectivity index (χ0v) is 12.5. The summed E-state index contributed by atoms with van der Waals surface area (Å²) in [5.41, 5.74) is 0.421. The molecule has 1 aliphatic carbocycles. The van der Waals surface area contributed by atoms with Crippen molar-refractivity contribution in [1.29, 1.82) is 0 Å². The first-order valence-corrected chi connectivity index (χ1v) is 7.36. The van der Waals surface area contributed by atoms with E-state index in [9.17, 15) is 13.2 Å². The van der Waals surface area contributed by atoms with Gasteiger partial charge in [0.15, 0.2) is 0 Å². The molecule has 0 aromatic heterocycles. The van der Waals surface area contributed by atoms with Crippen LogP contribution in [0.4, 0.5) is 13.2 Å². The summed E-state index contributed by atoms with van der Waals surface area (Å²) in [5, 5.41) is 3.07. The van der Waals surface area contributed by atoms with E-state index in [2.05, 4.69) is 17.5 Å². The Labute approximate surface area is 128 Å². The van der Waals surface area contributed by atoms with Gasteiger partial charge in [0.1, 0.15) is 11.9 Å². The molecule has 0 saturated heterocycles. The SMILES string of the molecule is CNCCC(Oc1ccc(C(F)(F)F)cc1)C1=CCCC=C1. The predicted molar refractivity (Wildman–Crippen MR) is 80.9 cm³/mol. The number of ether oxygens (including phenoxy) is 1. The lowest BCUT2D eigenvalue weighted by Crippen LogP contribution is -2.24. The molecule has 2 nitrogen and oxygen atoms in total. The van der Waals surface area contributed by atoms with E-state index in [0.29, 0.717) is 5.75 Å². The summed E-state index contributed by atoms with van der Waals surface area (Å²) < 4.78 is 43.6. The smallest absolute Gasteiger partial charge is 0.416 e. The molecule has 1 atom stereocenters. The minimum atomic E-state index is -4.32. The maximum Gasteiger partial charge on any atom is 0.416 e. The van der Waals surface area contributed by atoms with Gasteiger partial charge in [-0.2, -0.15) is 13.2 Å². The molecule has 120 valence electrons. The van der Waals surface area contributed by atoms with E-state index in [1.807, 2.05) is 13.1 Å². The highest BCUT2D eigenvalue weighted by Crippen LogP contribution is 2.31. The number of nitrogens with one attached hydrogen (secondary N) is 1. The third-order valence-corrected chi connectivity index (χ3v) is 3.51.